The van der Waals surface area contributed by atoms with Crippen LogP contribution in [0.2, 0.25) is 0 Å². The first-order valence-electron chi connectivity index (χ1n) is 6.58. The number of piperazine rings is 1. The third kappa shape index (κ3) is 1.73. The lowest BCUT2D eigenvalue weighted by atomic mass is 10.0. The standard InChI is InChI=1S/C14H17N3O2/c1-3-16-11-6-9(2)4-5-10(11)17-12(14(16)19)7-15-8-13(17)18/h4-6,12,15H,3,7-8H2,1-2H3. The number of nitrogens with zero attached hydrogens (tertiary/aromatic N) is 2. The molecule has 1 unspecified atom stereocenters. The van der Waals surface area contributed by atoms with Gasteiger partial charge >= 0.3 is 0 Å². The quantitative estimate of drug-likeness (QED) is 0.806. The van der Waals surface area contributed by atoms with Crippen LogP contribution in [0.1, 0.15) is 12.5 Å². The number of carbonyl (C=O) groups is 2. The van der Waals surface area contributed by atoms with Gasteiger partial charge in [0, 0.05) is 13.1 Å². The van der Waals surface area contributed by atoms with Crippen LogP contribution < -0.4 is 15.1 Å². The van der Waals surface area contributed by atoms with E-state index in [4.69, 9.17) is 0 Å². The highest BCUT2D eigenvalue weighted by molar-refractivity contribution is 6.14. The molecule has 0 aromatic heterocycles. The highest BCUT2D eigenvalue weighted by atomic mass is 16.2. The van der Waals surface area contributed by atoms with Gasteiger partial charge in [-0.05, 0) is 31.5 Å². The van der Waals surface area contributed by atoms with Crippen LogP contribution in [0, 0.1) is 6.92 Å². The Morgan fingerprint density at radius 3 is 2.84 bits per heavy atom. The van der Waals surface area contributed by atoms with Gasteiger partial charge in [0.05, 0.1) is 17.9 Å². The van der Waals surface area contributed by atoms with Crippen LogP contribution in [-0.4, -0.2) is 37.5 Å². The summed E-state index contributed by atoms with van der Waals surface area (Å²) in [6, 6.07) is 5.49. The SMILES string of the molecule is CCN1C(=O)C2CNCC(=O)N2c2ccc(C)cc21. The van der Waals surface area contributed by atoms with E-state index in [1.165, 1.54) is 0 Å². The summed E-state index contributed by atoms with van der Waals surface area (Å²) in [6.07, 6.45) is 0. The number of aryl methyl sites for hydroxylation is 1. The molecule has 3 rings (SSSR count). The number of rotatable bonds is 1. The van der Waals surface area contributed by atoms with Crippen molar-refractivity contribution in [1.29, 1.82) is 0 Å². The molecule has 0 saturated carbocycles. The van der Waals surface area contributed by atoms with Crippen molar-refractivity contribution in [2.75, 3.05) is 29.4 Å². The Balaban J connectivity index is 2.18. The lowest BCUT2D eigenvalue weighted by Gasteiger charge is -2.43. The van der Waals surface area contributed by atoms with E-state index in [0.717, 1.165) is 16.9 Å². The second kappa shape index (κ2) is 4.35. The number of carbonyl (C=O) groups excluding carboxylic acids is 2. The van der Waals surface area contributed by atoms with E-state index in [1.807, 2.05) is 32.0 Å². The predicted molar refractivity (Wildman–Crippen MR) is 73.3 cm³/mol. The van der Waals surface area contributed by atoms with E-state index < -0.39 is 6.04 Å². The van der Waals surface area contributed by atoms with Gasteiger partial charge in [0.2, 0.25) is 5.91 Å². The molecule has 100 valence electrons. The summed E-state index contributed by atoms with van der Waals surface area (Å²) in [6.45, 7) is 5.38. The molecule has 2 aliphatic heterocycles. The molecule has 0 aliphatic carbocycles. The Labute approximate surface area is 112 Å². The van der Waals surface area contributed by atoms with Crippen LogP contribution in [0.5, 0.6) is 0 Å². The molecule has 2 aliphatic rings. The molecule has 1 aromatic rings. The normalized spacial score (nSPS) is 22.3. The molecule has 1 saturated heterocycles. The predicted octanol–water partition coefficient (Wildman–Crippen LogP) is 0.666. The fourth-order valence-corrected chi connectivity index (χ4v) is 2.84. The molecule has 1 atom stereocenters. The van der Waals surface area contributed by atoms with Gasteiger partial charge in [0.25, 0.3) is 5.91 Å². The van der Waals surface area contributed by atoms with E-state index in [-0.39, 0.29) is 11.8 Å². The summed E-state index contributed by atoms with van der Waals surface area (Å²) >= 11 is 0. The van der Waals surface area contributed by atoms with Crippen LogP contribution in [0.25, 0.3) is 0 Å². The van der Waals surface area contributed by atoms with Crippen molar-refractivity contribution in [3.8, 4) is 0 Å². The number of hydrogen-bond acceptors (Lipinski definition) is 3. The first kappa shape index (κ1) is 12.2. The Hall–Kier alpha value is -1.88. The summed E-state index contributed by atoms with van der Waals surface area (Å²) in [7, 11) is 0. The van der Waals surface area contributed by atoms with Crippen molar-refractivity contribution < 1.29 is 9.59 Å². The molecular formula is C14H17N3O2. The minimum Gasteiger partial charge on any atom is -0.309 e. The van der Waals surface area contributed by atoms with Crippen molar-refractivity contribution in [2.45, 2.75) is 19.9 Å². The maximum absolute atomic E-state index is 12.5. The number of benzene rings is 1. The number of anilines is 2. The van der Waals surface area contributed by atoms with Crippen molar-refractivity contribution in [3.05, 3.63) is 23.8 Å². The maximum atomic E-state index is 12.5. The van der Waals surface area contributed by atoms with E-state index in [2.05, 4.69) is 5.32 Å². The van der Waals surface area contributed by atoms with Crippen molar-refractivity contribution in [3.63, 3.8) is 0 Å². The van der Waals surface area contributed by atoms with E-state index in [0.29, 0.717) is 19.6 Å². The minimum atomic E-state index is -0.406. The molecule has 5 nitrogen and oxygen atoms in total. The van der Waals surface area contributed by atoms with Gasteiger partial charge in [0.1, 0.15) is 6.04 Å². The van der Waals surface area contributed by atoms with Gasteiger partial charge in [-0.15, -0.1) is 0 Å². The van der Waals surface area contributed by atoms with Crippen LogP contribution in [0.4, 0.5) is 11.4 Å². The van der Waals surface area contributed by atoms with Crippen LogP contribution in [0.3, 0.4) is 0 Å². The number of hydrogen-bond donors (Lipinski definition) is 1. The van der Waals surface area contributed by atoms with Crippen LogP contribution in [0.15, 0.2) is 18.2 Å². The molecule has 2 heterocycles. The zero-order valence-electron chi connectivity index (χ0n) is 11.1. The molecule has 19 heavy (non-hydrogen) atoms. The smallest absolute Gasteiger partial charge is 0.251 e. The Bertz CT molecular complexity index is 556. The Morgan fingerprint density at radius 1 is 1.32 bits per heavy atom. The van der Waals surface area contributed by atoms with E-state index >= 15 is 0 Å². The summed E-state index contributed by atoms with van der Waals surface area (Å²) < 4.78 is 0. The first-order chi connectivity index (χ1) is 9.13. The van der Waals surface area contributed by atoms with Gasteiger partial charge in [-0.25, -0.2) is 0 Å². The van der Waals surface area contributed by atoms with Gasteiger partial charge in [-0.2, -0.15) is 0 Å². The fraction of sp³-hybridized carbons (Fsp3) is 0.429. The molecule has 1 N–H and O–H groups in total. The molecule has 1 fully saturated rings. The average Bonchev–Trinajstić information content (AvgIpc) is 2.39. The highest BCUT2D eigenvalue weighted by Gasteiger charge is 2.42. The Morgan fingerprint density at radius 2 is 2.11 bits per heavy atom. The largest absolute Gasteiger partial charge is 0.309 e. The second-order valence-corrected chi connectivity index (χ2v) is 4.99. The fourth-order valence-electron chi connectivity index (χ4n) is 2.84. The van der Waals surface area contributed by atoms with Crippen molar-refractivity contribution >= 4 is 23.2 Å². The third-order valence-electron chi connectivity index (χ3n) is 3.74. The Kier molecular flexibility index (Phi) is 2.78. The van der Waals surface area contributed by atoms with Crippen LogP contribution in [-0.2, 0) is 9.59 Å². The van der Waals surface area contributed by atoms with Gasteiger partial charge in [-0.3, -0.25) is 14.5 Å². The lowest BCUT2D eigenvalue weighted by Crippen LogP contribution is -2.64. The van der Waals surface area contributed by atoms with Gasteiger partial charge < -0.3 is 10.2 Å². The zero-order valence-corrected chi connectivity index (χ0v) is 11.1. The van der Waals surface area contributed by atoms with Crippen LogP contribution >= 0.6 is 0 Å². The zero-order chi connectivity index (χ0) is 13.6. The van der Waals surface area contributed by atoms with E-state index in [9.17, 15) is 9.59 Å². The van der Waals surface area contributed by atoms with E-state index in [1.54, 1.807) is 9.80 Å². The molecule has 5 heteroatoms. The first-order valence-corrected chi connectivity index (χ1v) is 6.58. The van der Waals surface area contributed by atoms with Gasteiger partial charge in [-0.1, -0.05) is 6.07 Å². The third-order valence-corrected chi connectivity index (χ3v) is 3.74. The lowest BCUT2D eigenvalue weighted by molar-refractivity contribution is -0.126. The average molecular weight is 259 g/mol. The summed E-state index contributed by atoms with van der Waals surface area (Å²) in [5.41, 5.74) is 2.79. The number of nitrogens with one attached hydrogen (secondary N) is 1. The molecule has 0 radical (unpaired) electrons. The topological polar surface area (TPSA) is 52.7 Å². The monoisotopic (exact) mass is 259 g/mol. The second-order valence-electron chi connectivity index (χ2n) is 4.99. The maximum Gasteiger partial charge on any atom is 0.251 e. The molecule has 1 aromatic carbocycles. The number of fused-ring (bicyclic) bond motifs is 3. The number of likely N-dealkylation sites (N-methyl/N-ethyl adjacent to an activating group) is 1. The minimum absolute atomic E-state index is 0.00106. The summed E-state index contributed by atoms with van der Waals surface area (Å²) in [5, 5.41) is 3.01. The molecule has 0 spiro atoms. The van der Waals surface area contributed by atoms with Crippen molar-refractivity contribution in [2.24, 2.45) is 0 Å². The summed E-state index contributed by atoms with van der Waals surface area (Å²) in [5.74, 6) is -0.0355. The number of amides is 2. The van der Waals surface area contributed by atoms with Crippen molar-refractivity contribution in [1.82, 2.24) is 5.32 Å². The molecule has 2 amide bonds. The molecular weight excluding hydrogens is 242 g/mol. The molecule has 0 bridgehead atoms. The summed E-state index contributed by atoms with van der Waals surface area (Å²) in [4.78, 5) is 28.0. The highest BCUT2D eigenvalue weighted by Crippen LogP contribution is 2.37. The van der Waals surface area contributed by atoms with Gasteiger partial charge in [0.15, 0.2) is 0 Å².